The van der Waals surface area contributed by atoms with Gasteiger partial charge in [0.1, 0.15) is 5.82 Å². The number of anilines is 1. The van der Waals surface area contributed by atoms with Crippen LogP contribution in [0.4, 0.5) is 5.69 Å². The Kier molecular flexibility index (Phi) is 6.90. The van der Waals surface area contributed by atoms with Crippen LogP contribution in [0.5, 0.6) is 0 Å². The van der Waals surface area contributed by atoms with Crippen LogP contribution in [-0.2, 0) is 9.53 Å². The second-order valence-electron chi connectivity index (χ2n) is 6.28. The molecule has 2 aromatic rings. The SMILES string of the molecule is Cc1cc(=O)[nH]c(-c2ccc(NC(=O)C(N)C3CCOCC3)cc2)n1.Cl. The standard InChI is InChI=1S/C18H22N4O3.ClH/c1-11-10-15(23)22-17(20-11)13-2-4-14(5-3-13)21-18(24)16(19)12-6-8-25-9-7-12;/h2-5,10,12,16H,6-9,19H2,1H3,(H,21,24)(H,20,22,23);1H. The lowest BCUT2D eigenvalue weighted by Crippen LogP contribution is -2.43. The van der Waals surface area contributed by atoms with E-state index in [0.717, 1.165) is 18.4 Å². The first-order valence-corrected chi connectivity index (χ1v) is 8.35. The molecular formula is C18H23ClN4O3. The number of nitrogens with zero attached hydrogens (tertiary/aromatic N) is 1. The highest BCUT2D eigenvalue weighted by molar-refractivity contribution is 5.95. The highest BCUT2D eigenvalue weighted by atomic mass is 35.5. The van der Waals surface area contributed by atoms with Crippen LogP contribution in [0.25, 0.3) is 11.4 Å². The maximum Gasteiger partial charge on any atom is 0.251 e. The van der Waals surface area contributed by atoms with E-state index in [4.69, 9.17) is 10.5 Å². The van der Waals surface area contributed by atoms with Crippen molar-refractivity contribution in [3.8, 4) is 11.4 Å². The van der Waals surface area contributed by atoms with E-state index >= 15 is 0 Å². The number of carbonyl (C=O) groups excluding carboxylic acids is 1. The van der Waals surface area contributed by atoms with Crippen molar-refractivity contribution in [1.29, 1.82) is 0 Å². The highest BCUT2D eigenvalue weighted by Gasteiger charge is 2.26. The molecule has 2 heterocycles. The zero-order chi connectivity index (χ0) is 17.8. The summed E-state index contributed by atoms with van der Waals surface area (Å²) in [5.41, 5.74) is 7.97. The molecule has 8 heteroatoms. The molecule has 26 heavy (non-hydrogen) atoms. The van der Waals surface area contributed by atoms with Gasteiger partial charge in [-0.3, -0.25) is 9.59 Å². The van der Waals surface area contributed by atoms with E-state index < -0.39 is 6.04 Å². The van der Waals surface area contributed by atoms with Crippen LogP contribution in [0.2, 0.25) is 0 Å². The van der Waals surface area contributed by atoms with Crippen molar-refractivity contribution >= 4 is 24.0 Å². The largest absolute Gasteiger partial charge is 0.381 e. The van der Waals surface area contributed by atoms with Gasteiger partial charge in [-0.05, 0) is 49.9 Å². The molecule has 1 atom stereocenters. The van der Waals surface area contributed by atoms with Crippen LogP contribution < -0.4 is 16.6 Å². The lowest BCUT2D eigenvalue weighted by Gasteiger charge is -2.26. The van der Waals surface area contributed by atoms with Gasteiger partial charge >= 0.3 is 0 Å². The molecule has 1 aromatic heterocycles. The predicted octanol–water partition coefficient (Wildman–Crippen LogP) is 1.86. The van der Waals surface area contributed by atoms with E-state index in [1.165, 1.54) is 6.07 Å². The van der Waals surface area contributed by atoms with Crippen LogP contribution in [0, 0.1) is 12.8 Å². The van der Waals surface area contributed by atoms with Crippen molar-refractivity contribution in [3.63, 3.8) is 0 Å². The second-order valence-corrected chi connectivity index (χ2v) is 6.28. The Morgan fingerprint density at radius 3 is 2.58 bits per heavy atom. The van der Waals surface area contributed by atoms with Crippen LogP contribution >= 0.6 is 12.4 Å². The number of amides is 1. The maximum atomic E-state index is 12.3. The molecule has 0 saturated carbocycles. The van der Waals surface area contributed by atoms with Gasteiger partial charge in [0, 0.05) is 36.2 Å². The molecule has 3 rings (SSSR count). The number of H-pyrrole nitrogens is 1. The number of benzene rings is 1. The zero-order valence-electron chi connectivity index (χ0n) is 14.5. The molecule has 1 aromatic carbocycles. The molecule has 0 radical (unpaired) electrons. The van der Waals surface area contributed by atoms with E-state index in [1.54, 1.807) is 31.2 Å². The number of hydrogen-bond donors (Lipinski definition) is 3. The number of aromatic nitrogens is 2. The number of rotatable bonds is 4. The molecule has 4 N–H and O–H groups in total. The van der Waals surface area contributed by atoms with Gasteiger partial charge in [0.05, 0.1) is 6.04 Å². The lowest BCUT2D eigenvalue weighted by atomic mass is 9.92. The van der Waals surface area contributed by atoms with E-state index in [1.807, 2.05) is 0 Å². The Labute approximate surface area is 157 Å². The van der Waals surface area contributed by atoms with Crippen molar-refractivity contribution < 1.29 is 9.53 Å². The number of hydrogen-bond acceptors (Lipinski definition) is 5. The van der Waals surface area contributed by atoms with Crippen LogP contribution in [0.3, 0.4) is 0 Å². The Balaban J connectivity index is 0.00000243. The second kappa shape index (κ2) is 8.93. The van der Waals surface area contributed by atoms with Crippen LogP contribution in [-0.4, -0.2) is 35.1 Å². The molecular weight excluding hydrogens is 356 g/mol. The van der Waals surface area contributed by atoms with Crippen LogP contribution in [0.15, 0.2) is 35.1 Å². The number of aromatic amines is 1. The maximum absolute atomic E-state index is 12.3. The molecule has 0 bridgehead atoms. The van der Waals surface area contributed by atoms with Gasteiger partial charge in [0.25, 0.3) is 5.56 Å². The molecule has 1 amide bonds. The topological polar surface area (TPSA) is 110 Å². The monoisotopic (exact) mass is 378 g/mol. The number of nitrogens with one attached hydrogen (secondary N) is 2. The van der Waals surface area contributed by atoms with Gasteiger partial charge in [0.2, 0.25) is 5.91 Å². The van der Waals surface area contributed by atoms with Gasteiger partial charge in [-0.1, -0.05) is 0 Å². The minimum Gasteiger partial charge on any atom is -0.381 e. The van der Waals surface area contributed by atoms with Gasteiger partial charge in [-0.15, -0.1) is 12.4 Å². The summed E-state index contributed by atoms with van der Waals surface area (Å²) in [4.78, 5) is 30.9. The summed E-state index contributed by atoms with van der Waals surface area (Å²) in [5.74, 6) is 0.457. The summed E-state index contributed by atoms with van der Waals surface area (Å²) in [6, 6.07) is 8.04. The molecule has 0 aliphatic carbocycles. The molecule has 1 aliphatic heterocycles. The fraction of sp³-hybridized carbons (Fsp3) is 0.389. The summed E-state index contributed by atoms with van der Waals surface area (Å²) in [5, 5.41) is 2.84. The first kappa shape index (κ1) is 20.1. The highest BCUT2D eigenvalue weighted by Crippen LogP contribution is 2.20. The molecule has 0 spiro atoms. The molecule has 1 aliphatic rings. The average Bonchev–Trinajstić information content (AvgIpc) is 2.61. The minimum absolute atomic E-state index is 0. The molecule has 1 unspecified atom stereocenters. The van der Waals surface area contributed by atoms with Crippen LogP contribution in [0.1, 0.15) is 18.5 Å². The van der Waals surface area contributed by atoms with Gasteiger partial charge < -0.3 is 20.8 Å². The summed E-state index contributed by atoms with van der Waals surface area (Å²) in [6.45, 7) is 3.08. The smallest absolute Gasteiger partial charge is 0.251 e. The quantitative estimate of drug-likeness (QED) is 0.752. The third kappa shape index (κ3) is 4.91. The van der Waals surface area contributed by atoms with Crippen molar-refractivity contribution in [1.82, 2.24) is 9.97 Å². The Morgan fingerprint density at radius 2 is 1.96 bits per heavy atom. The van der Waals surface area contributed by atoms with Gasteiger partial charge in [-0.2, -0.15) is 0 Å². The summed E-state index contributed by atoms with van der Waals surface area (Å²) >= 11 is 0. The minimum atomic E-state index is -0.543. The molecule has 1 saturated heterocycles. The number of aryl methyl sites for hydroxylation is 1. The first-order valence-electron chi connectivity index (χ1n) is 8.35. The number of nitrogens with two attached hydrogens (primary N) is 1. The predicted molar refractivity (Wildman–Crippen MR) is 102 cm³/mol. The number of ether oxygens (including phenoxy) is 1. The van der Waals surface area contributed by atoms with E-state index in [0.29, 0.717) is 30.4 Å². The van der Waals surface area contributed by atoms with Crippen molar-refractivity contribution in [2.75, 3.05) is 18.5 Å². The summed E-state index contributed by atoms with van der Waals surface area (Å²) in [6.07, 6.45) is 1.61. The first-order chi connectivity index (χ1) is 12.0. The van der Waals surface area contributed by atoms with E-state index in [-0.39, 0.29) is 29.8 Å². The Morgan fingerprint density at radius 1 is 1.31 bits per heavy atom. The van der Waals surface area contributed by atoms with E-state index in [2.05, 4.69) is 15.3 Å². The Hall–Kier alpha value is -2.22. The number of carbonyl (C=O) groups is 1. The molecule has 7 nitrogen and oxygen atoms in total. The molecule has 140 valence electrons. The average molecular weight is 379 g/mol. The third-order valence-corrected chi connectivity index (χ3v) is 4.37. The van der Waals surface area contributed by atoms with E-state index in [9.17, 15) is 9.59 Å². The summed E-state index contributed by atoms with van der Waals surface area (Å²) < 4.78 is 5.30. The van der Waals surface area contributed by atoms with Crippen molar-refractivity contribution in [2.45, 2.75) is 25.8 Å². The van der Waals surface area contributed by atoms with Gasteiger partial charge in [-0.25, -0.2) is 4.98 Å². The summed E-state index contributed by atoms with van der Waals surface area (Å²) in [7, 11) is 0. The fourth-order valence-corrected chi connectivity index (χ4v) is 2.94. The normalized spacial score (nSPS) is 15.8. The van der Waals surface area contributed by atoms with Crippen molar-refractivity contribution in [3.05, 3.63) is 46.4 Å². The lowest BCUT2D eigenvalue weighted by molar-refractivity contribution is -0.119. The fourth-order valence-electron chi connectivity index (χ4n) is 2.94. The third-order valence-electron chi connectivity index (χ3n) is 4.37. The zero-order valence-corrected chi connectivity index (χ0v) is 15.3. The van der Waals surface area contributed by atoms with Crippen molar-refractivity contribution in [2.24, 2.45) is 11.7 Å². The number of halogens is 1. The molecule has 1 fully saturated rings. The van der Waals surface area contributed by atoms with Gasteiger partial charge in [0.15, 0.2) is 0 Å². The Bertz CT molecular complexity index is 801.